The molecule has 1 heterocycles. The molecule has 0 radical (unpaired) electrons. The van der Waals surface area contributed by atoms with Crippen LogP contribution in [0, 0.1) is 0 Å². The van der Waals surface area contributed by atoms with Gasteiger partial charge in [-0.1, -0.05) is 12.1 Å². The lowest BCUT2D eigenvalue weighted by molar-refractivity contribution is -0.137. The molecule has 2 N–H and O–H groups in total. The first-order chi connectivity index (χ1) is 12.7. The van der Waals surface area contributed by atoms with E-state index in [1.54, 1.807) is 11.7 Å². The summed E-state index contributed by atoms with van der Waals surface area (Å²) in [6.45, 7) is 0.975. The van der Waals surface area contributed by atoms with Crippen molar-refractivity contribution in [2.24, 2.45) is 12.0 Å². The first-order valence-electron chi connectivity index (χ1n) is 8.46. The predicted molar refractivity (Wildman–Crippen MR) is 115 cm³/mol. The molecule has 0 amide bonds. The van der Waals surface area contributed by atoms with E-state index in [9.17, 15) is 13.2 Å². The van der Waals surface area contributed by atoms with Gasteiger partial charge in [0, 0.05) is 38.9 Å². The Labute approximate surface area is 180 Å². The number of rotatable bonds is 6. The van der Waals surface area contributed by atoms with Gasteiger partial charge in [0.25, 0.3) is 0 Å². The first kappa shape index (κ1) is 24.2. The van der Waals surface area contributed by atoms with Crippen molar-refractivity contribution in [1.29, 1.82) is 0 Å². The molecule has 0 aliphatic rings. The van der Waals surface area contributed by atoms with Crippen LogP contribution >= 0.6 is 24.0 Å². The van der Waals surface area contributed by atoms with Crippen molar-refractivity contribution >= 4 is 29.9 Å². The second kappa shape index (κ2) is 10.6. The highest BCUT2D eigenvalue weighted by Crippen LogP contribution is 2.29. The van der Waals surface area contributed by atoms with Crippen molar-refractivity contribution in [3.63, 3.8) is 0 Å². The molecule has 0 saturated carbocycles. The molecule has 0 saturated heterocycles. The number of alkyl halides is 3. The topological polar surface area (TPSA) is 57.5 Å². The van der Waals surface area contributed by atoms with Gasteiger partial charge in [0.05, 0.1) is 17.8 Å². The van der Waals surface area contributed by atoms with E-state index in [1.165, 1.54) is 12.1 Å². The van der Waals surface area contributed by atoms with Gasteiger partial charge in [-0.05, 0) is 31.8 Å². The van der Waals surface area contributed by atoms with Crippen LogP contribution in [0.15, 0.2) is 41.7 Å². The maximum absolute atomic E-state index is 12.6. The molecule has 1 unspecified atom stereocenters. The summed E-state index contributed by atoms with van der Waals surface area (Å²) in [5.41, 5.74) is 1.16. The third-order valence-corrected chi connectivity index (χ3v) is 4.16. The summed E-state index contributed by atoms with van der Waals surface area (Å²) in [6.07, 6.45) is -0.535. The van der Waals surface area contributed by atoms with E-state index in [0.717, 1.165) is 23.3 Å². The van der Waals surface area contributed by atoms with Crippen LogP contribution in [-0.4, -0.2) is 48.3 Å². The molecule has 1 aromatic carbocycles. The summed E-state index contributed by atoms with van der Waals surface area (Å²) in [7, 11) is 7.49. The van der Waals surface area contributed by atoms with Gasteiger partial charge in [-0.25, -0.2) is 0 Å². The van der Waals surface area contributed by atoms with Gasteiger partial charge in [0.15, 0.2) is 5.96 Å². The number of halogens is 4. The van der Waals surface area contributed by atoms with Gasteiger partial charge in [-0.15, -0.1) is 24.0 Å². The van der Waals surface area contributed by atoms with E-state index in [4.69, 9.17) is 0 Å². The van der Waals surface area contributed by atoms with Crippen LogP contribution < -0.4 is 10.6 Å². The maximum Gasteiger partial charge on any atom is 0.416 e. The summed E-state index contributed by atoms with van der Waals surface area (Å²) in [4.78, 5) is 6.24. The standard InChI is InChI=1S/C18H25F3N6.HI/c1-22-17(23-9-13-5-7-15(8-6-13)18(19,20)21)24-11-16(26(2)3)14-10-25-27(4)12-14;/h5-8,10,12,16H,9,11H2,1-4H3,(H2,22,23,24);1H. The molecule has 1 atom stereocenters. The molecule has 0 aliphatic heterocycles. The molecule has 0 aliphatic carbocycles. The minimum atomic E-state index is -4.32. The Morgan fingerprint density at radius 2 is 1.86 bits per heavy atom. The van der Waals surface area contributed by atoms with E-state index >= 15 is 0 Å². The van der Waals surface area contributed by atoms with Crippen molar-refractivity contribution in [3.8, 4) is 0 Å². The number of hydrogen-bond donors (Lipinski definition) is 2. The van der Waals surface area contributed by atoms with Crippen molar-refractivity contribution in [2.45, 2.75) is 18.8 Å². The minimum Gasteiger partial charge on any atom is -0.354 e. The highest BCUT2D eigenvalue weighted by molar-refractivity contribution is 14.0. The van der Waals surface area contributed by atoms with Gasteiger partial charge >= 0.3 is 6.18 Å². The van der Waals surface area contributed by atoms with Crippen LogP contribution in [0.25, 0.3) is 0 Å². The number of hydrogen-bond acceptors (Lipinski definition) is 3. The number of nitrogens with one attached hydrogen (secondary N) is 2. The minimum absolute atomic E-state index is 0. The lowest BCUT2D eigenvalue weighted by Crippen LogP contribution is -2.41. The zero-order chi connectivity index (χ0) is 20.0. The van der Waals surface area contributed by atoms with Gasteiger partial charge < -0.3 is 15.5 Å². The molecule has 0 bridgehead atoms. The fourth-order valence-corrected chi connectivity index (χ4v) is 2.62. The molecule has 0 spiro atoms. The zero-order valence-corrected chi connectivity index (χ0v) is 18.6. The average Bonchev–Trinajstić information content (AvgIpc) is 3.03. The average molecular weight is 510 g/mol. The fourth-order valence-electron chi connectivity index (χ4n) is 2.62. The van der Waals surface area contributed by atoms with Gasteiger partial charge in [-0.2, -0.15) is 18.3 Å². The normalized spacial score (nSPS) is 13.2. The monoisotopic (exact) mass is 510 g/mol. The largest absolute Gasteiger partial charge is 0.416 e. The first-order valence-corrected chi connectivity index (χ1v) is 8.46. The lowest BCUT2D eigenvalue weighted by atomic mass is 10.1. The molecule has 6 nitrogen and oxygen atoms in total. The molecule has 10 heteroatoms. The Morgan fingerprint density at radius 1 is 1.21 bits per heavy atom. The molecule has 28 heavy (non-hydrogen) atoms. The Kier molecular flexibility index (Phi) is 9.21. The summed E-state index contributed by atoms with van der Waals surface area (Å²) in [6, 6.07) is 5.18. The van der Waals surface area contributed by atoms with Crippen molar-refractivity contribution in [2.75, 3.05) is 27.7 Å². The summed E-state index contributed by atoms with van der Waals surface area (Å²) in [5.74, 6) is 0.575. The third-order valence-electron chi connectivity index (χ3n) is 4.16. The molecule has 0 fully saturated rings. The van der Waals surface area contributed by atoms with Crippen LogP contribution in [0.1, 0.15) is 22.7 Å². The SMILES string of the molecule is CN=C(NCc1ccc(C(F)(F)F)cc1)NCC(c1cnn(C)c1)N(C)C.I. The number of likely N-dealkylation sites (N-methyl/N-ethyl adjacent to an activating group) is 1. The van der Waals surface area contributed by atoms with Crippen molar-refractivity contribution in [1.82, 2.24) is 25.3 Å². The number of aryl methyl sites for hydroxylation is 1. The summed E-state index contributed by atoms with van der Waals surface area (Å²) < 4.78 is 39.6. The van der Waals surface area contributed by atoms with Gasteiger partial charge in [0.2, 0.25) is 0 Å². The van der Waals surface area contributed by atoms with Crippen LogP contribution in [-0.2, 0) is 19.8 Å². The number of aliphatic imine (C=N–C) groups is 1. The van der Waals surface area contributed by atoms with Crippen LogP contribution in [0.4, 0.5) is 13.2 Å². The number of aromatic nitrogens is 2. The van der Waals surface area contributed by atoms with Crippen LogP contribution in [0.5, 0.6) is 0 Å². The molecule has 2 aromatic rings. The summed E-state index contributed by atoms with van der Waals surface area (Å²) >= 11 is 0. The second-order valence-corrected chi connectivity index (χ2v) is 6.43. The van der Waals surface area contributed by atoms with E-state index in [0.29, 0.717) is 19.0 Å². The Hall–Kier alpha value is -1.82. The highest BCUT2D eigenvalue weighted by Gasteiger charge is 2.29. The number of guanidine groups is 1. The van der Waals surface area contributed by atoms with Crippen molar-refractivity contribution in [3.05, 3.63) is 53.3 Å². The van der Waals surface area contributed by atoms with Crippen LogP contribution in [0.3, 0.4) is 0 Å². The molecular weight excluding hydrogens is 484 g/mol. The smallest absolute Gasteiger partial charge is 0.354 e. The fraction of sp³-hybridized carbons (Fsp3) is 0.444. The van der Waals surface area contributed by atoms with Crippen molar-refractivity contribution < 1.29 is 13.2 Å². The predicted octanol–water partition coefficient (Wildman–Crippen LogP) is 3.02. The molecule has 2 rings (SSSR count). The van der Waals surface area contributed by atoms with E-state index in [1.807, 2.05) is 33.5 Å². The van der Waals surface area contributed by atoms with Crippen LogP contribution in [0.2, 0.25) is 0 Å². The maximum atomic E-state index is 12.6. The third kappa shape index (κ3) is 6.97. The molecule has 156 valence electrons. The highest BCUT2D eigenvalue weighted by atomic mass is 127. The van der Waals surface area contributed by atoms with E-state index in [-0.39, 0.29) is 30.0 Å². The van der Waals surface area contributed by atoms with Gasteiger partial charge in [0.1, 0.15) is 0 Å². The molecule has 1 aromatic heterocycles. The Balaban J connectivity index is 0.00000392. The molecular formula is C18H26F3IN6. The lowest BCUT2D eigenvalue weighted by Gasteiger charge is -2.24. The summed E-state index contributed by atoms with van der Waals surface area (Å²) in [5, 5.41) is 10.6. The quantitative estimate of drug-likeness (QED) is 0.357. The Morgan fingerprint density at radius 3 is 2.32 bits per heavy atom. The zero-order valence-electron chi connectivity index (χ0n) is 16.3. The Bertz CT molecular complexity index is 755. The second-order valence-electron chi connectivity index (χ2n) is 6.43. The van der Waals surface area contributed by atoms with E-state index in [2.05, 4.69) is 25.6 Å². The van der Waals surface area contributed by atoms with Gasteiger partial charge in [-0.3, -0.25) is 9.67 Å². The number of nitrogens with zero attached hydrogens (tertiary/aromatic N) is 4. The van der Waals surface area contributed by atoms with E-state index < -0.39 is 11.7 Å². The number of benzene rings is 1.